The summed E-state index contributed by atoms with van der Waals surface area (Å²) in [5, 5.41) is 11.6. The SMILES string of the molecule is CCCNC(=O)CN1CCC=C(C(=O)O)C1. The van der Waals surface area contributed by atoms with Gasteiger partial charge in [-0.25, -0.2) is 4.79 Å². The molecule has 1 rings (SSSR count). The lowest BCUT2D eigenvalue weighted by molar-refractivity contribution is -0.133. The second kappa shape index (κ2) is 6.27. The molecule has 2 N–H and O–H groups in total. The second-order valence-electron chi connectivity index (χ2n) is 3.88. The highest BCUT2D eigenvalue weighted by molar-refractivity contribution is 5.87. The van der Waals surface area contributed by atoms with Crippen LogP contribution in [-0.4, -0.2) is 48.1 Å². The lowest BCUT2D eigenvalue weighted by Crippen LogP contribution is -2.41. The van der Waals surface area contributed by atoms with Crippen LogP contribution >= 0.6 is 0 Å². The van der Waals surface area contributed by atoms with Gasteiger partial charge in [-0.3, -0.25) is 9.69 Å². The Bertz CT molecular complexity index is 300. The molecule has 0 atom stereocenters. The minimum Gasteiger partial charge on any atom is -0.478 e. The standard InChI is InChI=1S/C11H18N2O3/c1-2-5-12-10(14)8-13-6-3-4-9(7-13)11(15)16/h4H,2-3,5-8H2,1H3,(H,12,14)(H,15,16). The van der Waals surface area contributed by atoms with E-state index in [2.05, 4.69) is 5.32 Å². The van der Waals surface area contributed by atoms with Crippen molar-refractivity contribution >= 4 is 11.9 Å². The number of rotatable bonds is 5. The van der Waals surface area contributed by atoms with Gasteiger partial charge in [0.1, 0.15) is 0 Å². The summed E-state index contributed by atoms with van der Waals surface area (Å²) in [5.74, 6) is -0.924. The van der Waals surface area contributed by atoms with Gasteiger partial charge in [-0.05, 0) is 12.8 Å². The molecule has 0 aliphatic carbocycles. The lowest BCUT2D eigenvalue weighted by atomic mass is 10.1. The first-order valence-corrected chi connectivity index (χ1v) is 5.55. The Hall–Kier alpha value is -1.36. The Balaban J connectivity index is 2.37. The number of carboxylic acids is 1. The van der Waals surface area contributed by atoms with E-state index in [-0.39, 0.29) is 12.5 Å². The average molecular weight is 226 g/mol. The number of aliphatic carboxylic acids is 1. The summed E-state index contributed by atoms with van der Waals surface area (Å²) in [6.45, 7) is 4.05. The number of carbonyl (C=O) groups excluding carboxylic acids is 1. The molecule has 0 aromatic rings. The van der Waals surface area contributed by atoms with Crippen LogP contribution < -0.4 is 5.32 Å². The maximum absolute atomic E-state index is 11.4. The smallest absolute Gasteiger partial charge is 0.332 e. The van der Waals surface area contributed by atoms with Crippen molar-refractivity contribution in [3.05, 3.63) is 11.6 Å². The van der Waals surface area contributed by atoms with Crippen LogP contribution in [0, 0.1) is 0 Å². The molecular weight excluding hydrogens is 208 g/mol. The fourth-order valence-electron chi connectivity index (χ4n) is 1.62. The van der Waals surface area contributed by atoms with Crippen LogP contribution in [0.15, 0.2) is 11.6 Å². The maximum Gasteiger partial charge on any atom is 0.332 e. The summed E-state index contributed by atoms with van der Waals surface area (Å²) < 4.78 is 0. The summed E-state index contributed by atoms with van der Waals surface area (Å²) in [6, 6.07) is 0. The van der Waals surface area contributed by atoms with E-state index in [0.29, 0.717) is 25.1 Å². The van der Waals surface area contributed by atoms with E-state index in [9.17, 15) is 9.59 Å². The average Bonchev–Trinajstić information content (AvgIpc) is 2.26. The Labute approximate surface area is 95.1 Å². The predicted molar refractivity (Wildman–Crippen MR) is 60.1 cm³/mol. The van der Waals surface area contributed by atoms with E-state index < -0.39 is 5.97 Å². The number of carbonyl (C=O) groups is 2. The van der Waals surface area contributed by atoms with E-state index >= 15 is 0 Å². The van der Waals surface area contributed by atoms with Crippen LogP contribution in [-0.2, 0) is 9.59 Å². The number of hydrogen-bond donors (Lipinski definition) is 2. The van der Waals surface area contributed by atoms with Gasteiger partial charge in [0.25, 0.3) is 0 Å². The molecule has 1 amide bonds. The number of hydrogen-bond acceptors (Lipinski definition) is 3. The monoisotopic (exact) mass is 226 g/mol. The zero-order valence-electron chi connectivity index (χ0n) is 9.53. The van der Waals surface area contributed by atoms with Gasteiger partial charge in [0.05, 0.1) is 6.54 Å². The predicted octanol–water partition coefficient (Wildman–Crippen LogP) is 0.229. The zero-order chi connectivity index (χ0) is 12.0. The third-order valence-corrected chi connectivity index (χ3v) is 2.44. The van der Waals surface area contributed by atoms with Gasteiger partial charge in [0.15, 0.2) is 0 Å². The first-order valence-electron chi connectivity index (χ1n) is 5.55. The van der Waals surface area contributed by atoms with Gasteiger partial charge in [-0.15, -0.1) is 0 Å². The molecule has 90 valence electrons. The molecule has 0 radical (unpaired) electrons. The molecule has 0 aromatic heterocycles. The number of amides is 1. The highest BCUT2D eigenvalue weighted by Crippen LogP contribution is 2.09. The quantitative estimate of drug-likeness (QED) is 0.704. The van der Waals surface area contributed by atoms with E-state index in [4.69, 9.17) is 5.11 Å². The van der Waals surface area contributed by atoms with Crippen molar-refractivity contribution in [3.8, 4) is 0 Å². The van der Waals surface area contributed by atoms with Crippen molar-refractivity contribution in [2.75, 3.05) is 26.2 Å². The minimum atomic E-state index is -0.890. The molecule has 5 nitrogen and oxygen atoms in total. The van der Waals surface area contributed by atoms with Crippen LogP contribution in [0.2, 0.25) is 0 Å². The minimum absolute atomic E-state index is 0.0338. The van der Waals surface area contributed by atoms with E-state index in [0.717, 1.165) is 13.0 Å². The van der Waals surface area contributed by atoms with Crippen molar-refractivity contribution in [1.82, 2.24) is 10.2 Å². The highest BCUT2D eigenvalue weighted by Gasteiger charge is 2.18. The first-order chi connectivity index (χ1) is 7.63. The Morgan fingerprint density at radius 1 is 1.56 bits per heavy atom. The van der Waals surface area contributed by atoms with Crippen LogP contribution in [0.5, 0.6) is 0 Å². The van der Waals surface area contributed by atoms with Crippen LogP contribution in [0.25, 0.3) is 0 Å². The molecule has 0 unspecified atom stereocenters. The van der Waals surface area contributed by atoms with Crippen LogP contribution in [0.1, 0.15) is 19.8 Å². The topological polar surface area (TPSA) is 69.6 Å². The fraction of sp³-hybridized carbons (Fsp3) is 0.636. The third kappa shape index (κ3) is 4.02. The number of nitrogens with one attached hydrogen (secondary N) is 1. The Morgan fingerprint density at radius 3 is 2.94 bits per heavy atom. The summed E-state index contributed by atoms with van der Waals surface area (Å²) in [5.41, 5.74) is 0.384. The molecule has 0 fully saturated rings. The van der Waals surface area contributed by atoms with Crippen molar-refractivity contribution in [2.45, 2.75) is 19.8 Å². The summed E-state index contributed by atoms with van der Waals surface area (Å²) in [4.78, 5) is 24.0. The van der Waals surface area contributed by atoms with Crippen LogP contribution in [0.3, 0.4) is 0 Å². The van der Waals surface area contributed by atoms with Gasteiger partial charge in [-0.2, -0.15) is 0 Å². The molecule has 0 spiro atoms. The normalized spacial score (nSPS) is 16.7. The third-order valence-electron chi connectivity index (χ3n) is 2.44. The van der Waals surface area contributed by atoms with Crippen molar-refractivity contribution in [1.29, 1.82) is 0 Å². The first kappa shape index (κ1) is 12.7. The molecule has 0 saturated heterocycles. The fourth-order valence-corrected chi connectivity index (χ4v) is 1.62. The summed E-state index contributed by atoms with van der Waals surface area (Å²) in [6.07, 6.45) is 3.33. The highest BCUT2D eigenvalue weighted by atomic mass is 16.4. The van der Waals surface area contributed by atoms with Gasteiger partial charge < -0.3 is 10.4 Å². The largest absolute Gasteiger partial charge is 0.478 e. The lowest BCUT2D eigenvalue weighted by Gasteiger charge is -2.24. The second-order valence-corrected chi connectivity index (χ2v) is 3.88. The maximum atomic E-state index is 11.4. The van der Waals surface area contributed by atoms with Crippen LogP contribution in [0.4, 0.5) is 0 Å². The molecule has 5 heteroatoms. The van der Waals surface area contributed by atoms with Gasteiger partial charge in [0.2, 0.25) is 5.91 Å². The summed E-state index contributed by atoms with van der Waals surface area (Å²) >= 11 is 0. The zero-order valence-corrected chi connectivity index (χ0v) is 9.53. The molecule has 16 heavy (non-hydrogen) atoms. The molecule has 1 aliphatic rings. The Kier molecular flexibility index (Phi) is 4.98. The molecule has 0 aromatic carbocycles. The van der Waals surface area contributed by atoms with E-state index in [1.54, 1.807) is 6.08 Å². The van der Waals surface area contributed by atoms with E-state index in [1.165, 1.54) is 0 Å². The summed E-state index contributed by atoms with van der Waals surface area (Å²) in [7, 11) is 0. The number of carboxylic acid groups (broad SMARTS) is 1. The van der Waals surface area contributed by atoms with Crippen molar-refractivity contribution < 1.29 is 14.7 Å². The van der Waals surface area contributed by atoms with E-state index in [1.807, 2.05) is 11.8 Å². The molecule has 1 heterocycles. The van der Waals surface area contributed by atoms with Gasteiger partial charge in [0, 0.05) is 25.2 Å². The van der Waals surface area contributed by atoms with Gasteiger partial charge >= 0.3 is 5.97 Å². The van der Waals surface area contributed by atoms with Crippen molar-refractivity contribution in [3.63, 3.8) is 0 Å². The molecule has 0 bridgehead atoms. The Morgan fingerprint density at radius 2 is 2.31 bits per heavy atom. The molecule has 0 saturated carbocycles. The van der Waals surface area contributed by atoms with Crippen molar-refractivity contribution in [2.24, 2.45) is 0 Å². The number of nitrogens with zero attached hydrogens (tertiary/aromatic N) is 1. The molecular formula is C11H18N2O3. The molecule has 1 aliphatic heterocycles. The van der Waals surface area contributed by atoms with Gasteiger partial charge in [-0.1, -0.05) is 13.0 Å².